The average Bonchev–Trinajstić information content (AvgIpc) is 2.26. The van der Waals surface area contributed by atoms with Gasteiger partial charge in [0, 0.05) is 30.9 Å². The highest BCUT2D eigenvalue weighted by Gasteiger charge is 2.18. The molecule has 0 spiro atoms. The second-order valence-electron chi connectivity index (χ2n) is 4.80. The number of aromatic nitrogens is 1. The SMILES string of the molecule is CC(C)C(C)N(C)c1ncccc1[C@@H](C)N. The van der Waals surface area contributed by atoms with Crippen LogP contribution in [0.1, 0.15) is 39.3 Å². The molecule has 1 aromatic heterocycles. The molecule has 2 N–H and O–H groups in total. The molecule has 0 aliphatic heterocycles. The summed E-state index contributed by atoms with van der Waals surface area (Å²) in [6.45, 7) is 8.64. The molecule has 1 unspecified atom stereocenters. The number of pyridine rings is 1. The summed E-state index contributed by atoms with van der Waals surface area (Å²) in [4.78, 5) is 6.66. The van der Waals surface area contributed by atoms with E-state index >= 15 is 0 Å². The van der Waals surface area contributed by atoms with Crippen LogP contribution in [0.25, 0.3) is 0 Å². The maximum atomic E-state index is 5.96. The Hall–Kier alpha value is -1.09. The summed E-state index contributed by atoms with van der Waals surface area (Å²) in [5, 5.41) is 0. The quantitative estimate of drug-likeness (QED) is 0.849. The Morgan fingerprint density at radius 1 is 1.25 bits per heavy atom. The van der Waals surface area contributed by atoms with Gasteiger partial charge in [0.1, 0.15) is 5.82 Å². The van der Waals surface area contributed by atoms with Crippen molar-refractivity contribution in [3.63, 3.8) is 0 Å². The van der Waals surface area contributed by atoms with Crippen LogP contribution in [-0.2, 0) is 0 Å². The van der Waals surface area contributed by atoms with E-state index in [-0.39, 0.29) is 6.04 Å². The first-order chi connectivity index (χ1) is 7.45. The molecule has 2 atom stereocenters. The Bertz CT molecular complexity index is 334. The third kappa shape index (κ3) is 2.73. The molecule has 0 saturated heterocycles. The predicted octanol–water partition coefficient (Wildman–Crippen LogP) is 2.58. The topological polar surface area (TPSA) is 42.2 Å². The van der Waals surface area contributed by atoms with Crippen molar-refractivity contribution in [1.29, 1.82) is 0 Å². The minimum absolute atomic E-state index is 0.0190. The van der Waals surface area contributed by atoms with Crippen molar-refractivity contribution in [2.24, 2.45) is 11.7 Å². The number of hydrogen-bond donors (Lipinski definition) is 1. The van der Waals surface area contributed by atoms with Crippen LogP contribution in [0.15, 0.2) is 18.3 Å². The number of nitrogens with two attached hydrogens (primary N) is 1. The Balaban J connectivity index is 3.03. The number of rotatable bonds is 4. The van der Waals surface area contributed by atoms with Crippen molar-refractivity contribution in [2.45, 2.75) is 39.8 Å². The van der Waals surface area contributed by atoms with Crippen LogP contribution in [0.2, 0.25) is 0 Å². The molecule has 1 aromatic rings. The summed E-state index contributed by atoms with van der Waals surface area (Å²) in [5.74, 6) is 1.59. The van der Waals surface area contributed by atoms with Crippen LogP contribution < -0.4 is 10.6 Å². The monoisotopic (exact) mass is 221 g/mol. The van der Waals surface area contributed by atoms with Crippen molar-refractivity contribution in [3.8, 4) is 0 Å². The Kier molecular flexibility index (Phi) is 4.30. The molecular weight excluding hydrogens is 198 g/mol. The number of nitrogens with zero attached hydrogens (tertiary/aromatic N) is 2. The van der Waals surface area contributed by atoms with Crippen molar-refractivity contribution >= 4 is 5.82 Å². The molecule has 1 heterocycles. The van der Waals surface area contributed by atoms with E-state index in [0.29, 0.717) is 12.0 Å². The van der Waals surface area contributed by atoms with Crippen molar-refractivity contribution < 1.29 is 0 Å². The second kappa shape index (κ2) is 5.30. The summed E-state index contributed by atoms with van der Waals surface area (Å²) in [6.07, 6.45) is 1.82. The average molecular weight is 221 g/mol. The van der Waals surface area contributed by atoms with Gasteiger partial charge < -0.3 is 10.6 Å². The fourth-order valence-electron chi connectivity index (χ4n) is 1.70. The van der Waals surface area contributed by atoms with Crippen LogP contribution in [-0.4, -0.2) is 18.1 Å². The van der Waals surface area contributed by atoms with Gasteiger partial charge in [-0.05, 0) is 25.8 Å². The molecule has 1 rings (SSSR count). The standard InChI is InChI=1S/C13H23N3/c1-9(2)11(4)16(5)13-12(10(3)14)7-6-8-15-13/h6-11H,14H2,1-5H3/t10-,11?/m1/s1. The van der Waals surface area contributed by atoms with E-state index < -0.39 is 0 Å². The molecule has 0 amide bonds. The zero-order valence-corrected chi connectivity index (χ0v) is 10.9. The molecule has 3 heteroatoms. The Morgan fingerprint density at radius 2 is 1.88 bits per heavy atom. The number of anilines is 1. The normalized spacial score (nSPS) is 14.9. The lowest BCUT2D eigenvalue weighted by molar-refractivity contribution is 0.501. The molecular formula is C13H23N3. The van der Waals surface area contributed by atoms with E-state index in [2.05, 4.69) is 43.8 Å². The summed E-state index contributed by atoms with van der Waals surface area (Å²) < 4.78 is 0. The first-order valence-electron chi connectivity index (χ1n) is 5.88. The van der Waals surface area contributed by atoms with Gasteiger partial charge in [-0.3, -0.25) is 0 Å². The lowest BCUT2D eigenvalue weighted by Gasteiger charge is -2.31. The van der Waals surface area contributed by atoms with E-state index in [0.717, 1.165) is 11.4 Å². The van der Waals surface area contributed by atoms with E-state index in [4.69, 9.17) is 5.73 Å². The third-order valence-corrected chi connectivity index (χ3v) is 3.22. The molecule has 0 radical (unpaired) electrons. The first-order valence-corrected chi connectivity index (χ1v) is 5.88. The highest BCUT2D eigenvalue weighted by molar-refractivity contribution is 5.48. The van der Waals surface area contributed by atoms with Gasteiger partial charge in [0.15, 0.2) is 0 Å². The van der Waals surface area contributed by atoms with E-state index in [9.17, 15) is 0 Å². The van der Waals surface area contributed by atoms with Crippen molar-refractivity contribution in [3.05, 3.63) is 23.9 Å². The minimum atomic E-state index is 0.0190. The van der Waals surface area contributed by atoms with E-state index in [1.807, 2.05) is 19.2 Å². The molecule has 0 bridgehead atoms. The molecule has 0 fully saturated rings. The van der Waals surface area contributed by atoms with Crippen LogP contribution in [0.5, 0.6) is 0 Å². The molecule has 0 aliphatic rings. The lowest BCUT2D eigenvalue weighted by Crippen LogP contribution is -2.35. The summed E-state index contributed by atoms with van der Waals surface area (Å²) in [6, 6.07) is 4.46. The lowest BCUT2D eigenvalue weighted by atomic mass is 10.0. The summed E-state index contributed by atoms with van der Waals surface area (Å²) in [7, 11) is 2.08. The molecule has 16 heavy (non-hydrogen) atoms. The third-order valence-electron chi connectivity index (χ3n) is 3.22. The predicted molar refractivity (Wildman–Crippen MR) is 69.5 cm³/mol. The van der Waals surface area contributed by atoms with Crippen LogP contribution >= 0.6 is 0 Å². The zero-order chi connectivity index (χ0) is 12.3. The van der Waals surface area contributed by atoms with Gasteiger partial charge in [0.05, 0.1) is 0 Å². The van der Waals surface area contributed by atoms with Gasteiger partial charge in [-0.2, -0.15) is 0 Å². The van der Waals surface area contributed by atoms with Gasteiger partial charge in [-0.15, -0.1) is 0 Å². The second-order valence-corrected chi connectivity index (χ2v) is 4.80. The van der Waals surface area contributed by atoms with Crippen LogP contribution in [0.4, 0.5) is 5.82 Å². The zero-order valence-electron chi connectivity index (χ0n) is 10.9. The van der Waals surface area contributed by atoms with E-state index in [1.54, 1.807) is 0 Å². The molecule has 3 nitrogen and oxygen atoms in total. The highest BCUT2D eigenvalue weighted by atomic mass is 15.2. The smallest absolute Gasteiger partial charge is 0.133 e. The fraction of sp³-hybridized carbons (Fsp3) is 0.615. The fourth-order valence-corrected chi connectivity index (χ4v) is 1.70. The maximum absolute atomic E-state index is 5.96. The summed E-state index contributed by atoms with van der Waals surface area (Å²) in [5.41, 5.74) is 7.07. The van der Waals surface area contributed by atoms with Gasteiger partial charge in [-0.25, -0.2) is 4.98 Å². The molecule has 0 aromatic carbocycles. The largest absolute Gasteiger partial charge is 0.356 e. The highest BCUT2D eigenvalue weighted by Crippen LogP contribution is 2.24. The van der Waals surface area contributed by atoms with Crippen molar-refractivity contribution in [2.75, 3.05) is 11.9 Å². The van der Waals surface area contributed by atoms with Crippen molar-refractivity contribution in [1.82, 2.24) is 4.98 Å². The van der Waals surface area contributed by atoms with Crippen LogP contribution in [0.3, 0.4) is 0 Å². The van der Waals surface area contributed by atoms with E-state index in [1.165, 1.54) is 0 Å². The van der Waals surface area contributed by atoms with Gasteiger partial charge in [0.25, 0.3) is 0 Å². The molecule has 0 saturated carbocycles. The first kappa shape index (κ1) is 13.0. The van der Waals surface area contributed by atoms with Gasteiger partial charge >= 0.3 is 0 Å². The van der Waals surface area contributed by atoms with Gasteiger partial charge in [0.2, 0.25) is 0 Å². The molecule has 0 aliphatic carbocycles. The minimum Gasteiger partial charge on any atom is -0.356 e. The Morgan fingerprint density at radius 3 is 2.38 bits per heavy atom. The molecule has 90 valence electrons. The van der Waals surface area contributed by atoms with Crippen LogP contribution in [0, 0.1) is 5.92 Å². The summed E-state index contributed by atoms with van der Waals surface area (Å²) >= 11 is 0. The Labute approximate surface area is 98.7 Å². The van der Waals surface area contributed by atoms with Gasteiger partial charge in [-0.1, -0.05) is 19.9 Å². The maximum Gasteiger partial charge on any atom is 0.133 e. The number of hydrogen-bond acceptors (Lipinski definition) is 3.